The van der Waals surface area contributed by atoms with E-state index in [1.165, 1.54) is 0 Å². The molecule has 2 aliphatic rings. The van der Waals surface area contributed by atoms with Gasteiger partial charge in [0.15, 0.2) is 6.29 Å². The minimum atomic E-state index is -0.435. The summed E-state index contributed by atoms with van der Waals surface area (Å²) in [5.41, 5.74) is 0.589. The van der Waals surface area contributed by atoms with Crippen LogP contribution in [0.5, 0.6) is 0 Å². The molecule has 0 bridgehead atoms. The first kappa shape index (κ1) is 10.9. The van der Waals surface area contributed by atoms with Gasteiger partial charge in [0.25, 0.3) is 0 Å². The van der Waals surface area contributed by atoms with Crippen molar-refractivity contribution in [3.63, 3.8) is 0 Å². The van der Waals surface area contributed by atoms with Crippen LogP contribution < -0.4 is 0 Å². The van der Waals surface area contributed by atoms with Gasteiger partial charge in [-0.15, -0.1) is 0 Å². The van der Waals surface area contributed by atoms with Crippen LogP contribution in [0.15, 0.2) is 30.3 Å². The van der Waals surface area contributed by atoms with Crippen LogP contribution in [0.4, 0.5) is 0 Å². The molecular formula is C14H16O3. The van der Waals surface area contributed by atoms with Crippen molar-refractivity contribution in [3.8, 4) is 0 Å². The molecule has 1 aliphatic carbocycles. The molecule has 1 aromatic carbocycles. The van der Waals surface area contributed by atoms with Crippen molar-refractivity contribution in [2.45, 2.75) is 44.2 Å². The zero-order chi connectivity index (χ0) is 11.9. The van der Waals surface area contributed by atoms with E-state index in [-0.39, 0.29) is 18.2 Å². The summed E-state index contributed by atoms with van der Waals surface area (Å²) in [6.07, 6.45) is 1.59. The Labute approximate surface area is 101 Å². The SMILES string of the molecule is CC12CC(=O)CCC1OC(c1ccccc1)O2. The third-order valence-electron chi connectivity index (χ3n) is 3.65. The van der Waals surface area contributed by atoms with Gasteiger partial charge in [0, 0.05) is 18.4 Å². The maximum absolute atomic E-state index is 11.5. The van der Waals surface area contributed by atoms with Crippen LogP contribution >= 0.6 is 0 Å². The van der Waals surface area contributed by atoms with E-state index >= 15 is 0 Å². The van der Waals surface area contributed by atoms with Crippen LogP contribution in [-0.2, 0) is 14.3 Å². The molecule has 3 heteroatoms. The fourth-order valence-electron chi connectivity index (χ4n) is 2.70. The van der Waals surface area contributed by atoms with Crippen molar-refractivity contribution in [2.75, 3.05) is 0 Å². The summed E-state index contributed by atoms with van der Waals surface area (Å²) in [5.74, 6) is 0.279. The molecule has 3 rings (SSSR count). The molecule has 90 valence electrons. The molecular weight excluding hydrogens is 216 g/mol. The third-order valence-corrected chi connectivity index (χ3v) is 3.65. The number of carbonyl (C=O) groups is 1. The fourth-order valence-corrected chi connectivity index (χ4v) is 2.70. The first-order valence-corrected chi connectivity index (χ1v) is 6.07. The Morgan fingerprint density at radius 2 is 2.06 bits per heavy atom. The Hall–Kier alpha value is -1.19. The first-order valence-electron chi connectivity index (χ1n) is 6.07. The summed E-state index contributed by atoms with van der Waals surface area (Å²) in [6.45, 7) is 1.98. The highest BCUT2D eigenvalue weighted by molar-refractivity contribution is 5.80. The molecule has 1 heterocycles. The summed E-state index contributed by atoms with van der Waals surface area (Å²) in [4.78, 5) is 11.5. The number of benzene rings is 1. The van der Waals surface area contributed by atoms with Gasteiger partial charge in [-0.2, -0.15) is 0 Å². The quantitative estimate of drug-likeness (QED) is 0.746. The Morgan fingerprint density at radius 1 is 1.29 bits per heavy atom. The van der Waals surface area contributed by atoms with Crippen molar-refractivity contribution in [1.82, 2.24) is 0 Å². The molecule has 2 fully saturated rings. The zero-order valence-corrected chi connectivity index (χ0v) is 9.89. The second-order valence-electron chi connectivity index (χ2n) is 5.05. The lowest BCUT2D eigenvalue weighted by Gasteiger charge is -2.31. The largest absolute Gasteiger partial charge is 0.342 e. The van der Waals surface area contributed by atoms with Crippen molar-refractivity contribution >= 4 is 5.78 Å². The highest BCUT2D eigenvalue weighted by atomic mass is 16.7. The van der Waals surface area contributed by atoms with Gasteiger partial charge in [0.05, 0.1) is 6.10 Å². The predicted octanol–water partition coefficient (Wildman–Crippen LogP) is 2.61. The molecule has 1 saturated heterocycles. The number of ketones is 1. The van der Waals surface area contributed by atoms with Crippen molar-refractivity contribution in [1.29, 1.82) is 0 Å². The van der Waals surface area contributed by atoms with Crippen LogP contribution in [0, 0.1) is 0 Å². The summed E-state index contributed by atoms with van der Waals surface area (Å²) in [6, 6.07) is 9.89. The van der Waals surface area contributed by atoms with Crippen molar-refractivity contribution in [3.05, 3.63) is 35.9 Å². The van der Waals surface area contributed by atoms with Crippen molar-refractivity contribution in [2.24, 2.45) is 0 Å². The number of carbonyl (C=O) groups excluding carboxylic acids is 1. The van der Waals surface area contributed by atoms with E-state index in [0.717, 1.165) is 12.0 Å². The normalized spacial score (nSPS) is 36.9. The van der Waals surface area contributed by atoms with Gasteiger partial charge >= 0.3 is 0 Å². The lowest BCUT2D eigenvalue weighted by Crippen LogP contribution is -2.42. The number of ether oxygens (including phenoxy) is 2. The maximum atomic E-state index is 11.5. The Morgan fingerprint density at radius 3 is 2.82 bits per heavy atom. The van der Waals surface area contributed by atoms with Crippen LogP contribution in [0.1, 0.15) is 38.0 Å². The van der Waals surface area contributed by atoms with E-state index in [1.807, 2.05) is 37.3 Å². The molecule has 17 heavy (non-hydrogen) atoms. The van der Waals surface area contributed by atoms with Gasteiger partial charge in [0.1, 0.15) is 11.4 Å². The maximum Gasteiger partial charge on any atom is 0.185 e. The molecule has 3 nitrogen and oxygen atoms in total. The molecule has 1 saturated carbocycles. The molecule has 3 atom stereocenters. The second kappa shape index (κ2) is 3.93. The number of hydrogen-bond donors (Lipinski definition) is 0. The highest BCUT2D eigenvalue weighted by Gasteiger charge is 2.49. The molecule has 3 unspecified atom stereocenters. The van der Waals surface area contributed by atoms with E-state index < -0.39 is 5.60 Å². The van der Waals surface area contributed by atoms with Crippen LogP contribution in [-0.4, -0.2) is 17.5 Å². The number of hydrogen-bond acceptors (Lipinski definition) is 3. The molecule has 0 amide bonds. The zero-order valence-electron chi connectivity index (χ0n) is 9.89. The number of Topliss-reactive ketones (excluding diaryl/α,β-unsaturated/α-hetero) is 1. The molecule has 1 aliphatic heterocycles. The molecule has 1 aromatic rings. The highest BCUT2D eigenvalue weighted by Crippen LogP contribution is 2.44. The molecule has 0 radical (unpaired) electrons. The number of fused-ring (bicyclic) bond motifs is 1. The summed E-state index contributed by atoms with van der Waals surface area (Å²) in [7, 11) is 0. The minimum absolute atomic E-state index is 0.0467. The van der Waals surface area contributed by atoms with Crippen LogP contribution in [0.2, 0.25) is 0 Å². The first-order chi connectivity index (χ1) is 8.17. The molecule has 0 spiro atoms. The van der Waals surface area contributed by atoms with Gasteiger partial charge in [-0.05, 0) is 13.3 Å². The van der Waals surface area contributed by atoms with E-state index in [0.29, 0.717) is 12.8 Å². The second-order valence-corrected chi connectivity index (χ2v) is 5.05. The fraction of sp³-hybridized carbons (Fsp3) is 0.500. The Balaban J connectivity index is 1.83. The Bertz CT molecular complexity index is 428. The topological polar surface area (TPSA) is 35.5 Å². The standard InChI is InChI=1S/C14H16O3/c1-14-9-11(15)7-8-12(14)16-13(17-14)10-5-3-2-4-6-10/h2-6,12-13H,7-9H2,1H3. The van der Waals surface area contributed by atoms with E-state index in [9.17, 15) is 4.79 Å². The number of rotatable bonds is 1. The summed E-state index contributed by atoms with van der Waals surface area (Å²) >= 11 is 0. The van der Waals surface area contributed by atoms with Gasteiger partial charge in [0.2, 0.25) is 0 Å². The van der Waals surface area contributed by atoms with Gasteiger partial charge < -0.3 is 9.47 Å². The summed E-state index contributed by atoms with van der Waals surface area (Å²) in [5, 5.41) is 0. The smallest absolute Gasteiger partial charge is 0.185 e. The average Bonchev–Trinajstić information content (AvgIpc) is 2.66. The lowest BCUT2D eigenvalue weighted by atomic mass is 9.83. The summed E-state index contributed by atoms with van der Waals surface area (Å²) < 4.78 is 11.9. The van der Waals surface area contributed by atoms with Crippen LogP contribution in [0.3, 0.4) is 0 Å². The minimum Gasteiger partial charge on any atom is -0.342 e. The predicted molar refractivity (Wildman–Crippen MR) is 62.4 cm³/mol. The molecule has 0 N–H and O–H groups in total. The molecule has 0 aromatic heterocycles. The van der Waals surface area contributed by atoms with E-state index in [2.05, 4.69) is 0 Å². The van der Waals surface area contributed by atoms with E-state index in [1.54, 1.807) is 0 Å². The van der Waals surface area contributed by atoms with Gasteiger partial charge in [-0.25, -0.2) is 0 Å². The third kappa shape index (κ3) is 1.90. The average molecular weight is 232 g/mol. The van der Waals surface area contributed by atoms with Crippen LogP contribution in [0.25, 0.3) is 0 Å². The van der Waals surface area contributed by atoms with Gasteiger partial charge in [-0.1, -0.05) is 30.3 Å². The Kier molecular flexibility index (Phi) is 2.53. The van der Waals surface area contributed by atoms with Crippen molar-refractivity contribution < 1.29 is 14.3 Å². The lowest BCUT2D eigenvalue weighted by molar-refractivity contribution is -0.130. The van der Waals surface area contributed by atoms with Gasteiger partial charge in [-0.3, -0.25) is 4.79 Å². The van der Waals surface area contributed by atoms with E-state index in [4.69, 9.17) is 9.47 Å². The monoisotopic (exact) mass is 232 g/mol.